The summed E-state index contributed by atoms with van der Waals surface area (Å²) in [5, 5.41) is 23.6. The average Bonchev–Trinajstić information content (AvgIpc) is 2.79. The van der Waals surface area contributed by atoms with Crippen molar-refractivity contribution in [3.05, 3.63) is 28.6 Å². The minimum atomic E-state index is -1.04. The van der Waals surface area contributed by atoms with Crippen molar-refractivity contribution in [2.75, 3.05) is 18.0 Å². The maximum Gasteiger partial charge on any atom is 0.209 e. The topological polar surface area (TPSA) is 90.8 Å². The van der Waals surface area contributed by atoms with E-state index < -0.39 is 5.60 Å². The fourth-order valence-corrected chi connectivity index (χ4v) is 2.35. The average molecular weight is 297 g/mol. The number of tetrazole rings is 1. The fourth-order valence-electron chi connectivity index (χ4n) is 1.85. The first-order chi connectivity index (χ1) is 8.19. The second-order valence-corrected chi connectivity index (χ2v) is 4.79. The van der Waals surface area contributed by atoms with Crippen LogP contribution in [0.3, 0.4) is 0 Å². The summed E-state index contributed by atoms with van der Waals surface area (Å²) < 4.78 is 0.898. The lowest BCUT2D eigenvalue weighted by atomic mass is 9.93. The van der Waals surface area contributed by atoms with Crippen LogP contribution < -0.4 is 4.90 Å². The summed E-state index contributed by atoms with van der Waals surface area (Å²) in [6.07, 6.45) is 1.71. The summed E-state index contributed by atoms with van der Waals surface area (Å²) in [5.74, 6) is 1.13. The van der Waals surface area contributed by atoms with Gasteiger partial charge < -0.3 is 10.0 Å². The third-order valence-electron chi connectivity index (χ3n) is 2.71. The van der Waals surface area contributed by atoms with Gasteiger partial charge in [-0.1, -0.05) is 5.21 Å². The molecule has 0 radical (unpaired) electrons. The van der Waals surface area contributed by atoms with E-state index in [1.165, 1.54) is 0 Å². The van der Waals surface area contributed by atoms with E-state index in [9.17, 15) is 5.11 Å². The Balaban J connectivity index is 1.79. The Morgan fingerprint density at radius 1 is 1.47 bits per heavy atom. The second kappa shape index (κ2) is 3.74. The van der Waals surface area contributed by atoms with E-state index in [1.807, 2.05) is 17.0 Å². The maximum atomic E-state index is 10.2. The normalized spacial score (nSPS) is 17.9. The molecule has 2 N–H and O–H groups in total. The van der Waals surface area contributed by atoms with Crippen LogP contribution in [0.5, 0.6) is 0 Å². The minimum absolute atomic E-state index is 0.320. The van der Waals surface area contributed by atoms with Crippen LogP contribution in [-0.2, 0) is 5.60 Å². The van der Waals surface area contributed by atoms with E-state index in [-0.39, 0.29) is 0 Å². The smallest absolute Gasteiger partial charge is 0.209 e. The second-order valence-electron chi connectivity index (χ2n) is 3.93. The van der Waals surface area contributed by atoms with Gasteiger partial charge >= 0.3 is 0 Å². The molecule has 1 aliphatic rings. The summed E-state index contributed by atoms with van der Waals surface area (Å²) in [7, 11) is 0. The third kappa shape index (κ3) is 1.69. The molecule has 8 heteroatoms. The van der Waals surface area contributed by atoms with E-state index in [1.54, 1.807) is 6.20 Å². The van der Waals surface area contributed by atoms with Gasteiger partial charge in [-0.25, -0.2) is 4.98 Å². The van der Waals surface area contributed by atoms with Crippen molar-refractivity contribution in [2.45, 2.75) is 5.60 Å². The summed E-state index contributed by atoms with van der Waals surface area (Å²) in [6, 6.07) is 3.76. The molecule has 1 aliphatic heterocycles. The number of hydrogen-bond acceptors (Lipinski definition) is 6. The molecule has 0 amide bonds. The number of pyridine rings is 1. The zero-order valence-corrected chi connectivity index (χ0v) is 10.3. The van der Waals surface area contributed by atoms with Crippen molar-refractivity contribution < 1.29 is 5.11 Å². The van der Waals surface area contributed by atoms with Crippen LogP contribution >= 0.6 is 15.9 Å². The van der Waals surface area contributed by atoms with Crippen LogP contribution in [0.2, 0.25) is 0 Å². The molecule has 0 saturated carbocycles. The molecule has 2 aromatic rings. The highest BCUT2D eigenvalue weighted by Gasteiger charge is 2.47. The monoisotopic (exact) mass is 296 g/mol. The Bertz CT molecular complexity index is 524. The van der Waals surface area contributed by atoms with Gasteiger partial charge in [0, 0.05) is 6.20 Å². The van der Waals surface area contributed by atoms with Crippen LogP contribution in [0.15, 0.2) is 22.8 Å². The maximum absolute atomic E-state index is 10.2. The molecule has 0 aliphatic carbocycles. The molecular weight excluding hydrogens is 288 g/mol. The molecular formula is C9H9BrN6O. The molecule has 0 unspecified atom stereocenters. The SMILES string of the molecule is OC1(c2nn[nH]n2)CN(c2ncccc2Br)C1. The first-order valence-electron chi connectivity index (χ1n) is 5.01. The van der Waals surface area contributed by atoms with Crippen LogP contribution in [0.1, 0.15) is 5.82 Å². The number of nitrogens with one attached hydrogen (secondary N) is 1. The van der Waals surface area contributed by atoms with Gasteiger partial charge in [0.05, 0.1) is 17.6 Å². The van der Waals surface area contributed by atoms with Gasteiger partial charge in [0.15, 0.2) is 5.60 Å². The summed E-state index contributed by atoms with van der Waals surface area (Å²) in [5.41, 5.74) is -1.04. The first kappa shape index (κ1) is 10.6. The van der Waals surface area contributed by atoms with E-state index in [4.69, 9.17) is 0 Å². The van der Waals surface area contributed by atoms with Crippen LogP contribution in [0.25, 0.3) is 0 Å². The lowest BCUT2D eigenvalue weighted by molar-refractivity contribution is -0.00153. The van der Waals surface area contributed by atoms with Crippen molar-refractivity contribution in [1.82, 2.24) is 25.6 Å². The molecule has 0 aromatic carbocycles. The lowest BCUT2D eigenvalue weighted by Crippen LogP contribution is -2.60. The Labute approximate surface area is 105 Å². The predicted molar refractivity (Wildman–Crippen MR) is 62.2 cm³/mol. The standard InChI is InChI=1S/C9H9BrN6O/c10-6-2-1-3-11-7(6)16-4-9(17,5-16)8-12-14-15-13-8/h1-3,17H,4-5H2,(H,12,13,14,15). The Kier molecular flexibility index (Phi) is 2.33. The zero-order valence-electron chi connectivity index (χ0n) is 8.71. The highest BCUT2D eigenvalue weighted by atomic mass is 79.9. The van der Waals surface area contributed by atoms with Gasteiger partial charge in [-0.15, -0.1) is 10.2 Å². The minimum Gasteiger partial charge on any atom is -0.378 e. The lowest BCUT2D eigenvalue weighted by Gasteiger charge is -2.45. The van der Waals surface area contributed by atoms with Crippen molar-refractivity contribution in [1.29, 1.82) is 0 Å². The number of β-amino-alcohol motifs (C(OH)–C–C–N with tert-alkyl or cyclic N) is 1. The van der Waals surface area contributed by atoms with Gasteiger partial charge in [0.2, 0.25) is 5.82 Å². The molecule has 2 aromatic heterocycles. The van der Waals surface area contributed by atoms with Gasteiger partial charge in [-0.3, -0.25) is 0 Å². The van der Waals surface area contributed by atoms with Crippen molar-refractivity contribution in [3.8, 4) is 0 Å². The Morgan fingerprint density at radius 2 is 2.29 bits per heavy atom. The van der Waals surface area contributed by atoms with Crippen LogP contribution in [-0.4, -0.2) is 43.8 Å². The number of hydrogen-bond donors (Lipinski definition) is 2. The van der Waals surface area contributed by atoms with Crippen LogP contribution in [0.4, 0.5) is 5.82 Å². The molecule has 3 heterocycles. The number of halogens is 1. The number of aliphatic hydroxyl groups is 1. The number of anilines is 1. The van der Waals surface area contributed by atoms with E-state index >= 15 is 0 Å². The quantitative estimate of drug-likeness (QED) is 0.815. The predicted octanol–water partition coefficient (Wildman–Crippen LogP) is 0.0650. The van der Waals surface area contributed by atoms with Crippen molar-refractivity contribution >= 4 is 21.7 Å². The van der Waals surface area contributed by atoms with Gasteiger partial charge in [-0.2, -0.15) is 5.21 Å². The fraction of sp³-hybridized carbons (Fsp3) is 0.333. The molecule has 88 valence electrons. The molecule has 0 atom stereocenters. The first-order valence-corrected chi connectivity index (χ1v) is 5.80. The molecule has 1 saturated heterocycles. The molecule has 3 rings (SSSR count). The Hall–Kier alpha value is -1.54. The Morgan fingerprint density at radius 3 is 2.94 bits per heavy atom. The third-order valence-corrected chi connectivity index (χ3v) is 3.32. The highest BCUT2D eigenvalue weighted by Crippen LogP contribution is 2.35. The molecule has 1 fully saturated rings. The van der Waals surface area contributed by atoms with Gasteiger partial charge in [0.1, 0.15) is 5.82 Å². The largest absolute Gasteiger partial charge is 0.378 e. The number of rotatable bonds is 2. The number of H-pyrrole nitrogens is 1. The van der Waals surface area contributed by atoms with E-state index in [2.05, 4.69) is 41.5 Å². The van der Waals surface area contributed by atoms with Crippen LogP contribution in [0, 0.1) is 0 Å². The molecule has 17 heavy (non-hydrogen) atoms. The van der Waals surface area contributed by atoms with E-state index in [0.717, 1.165) is 10.3 Å². The van der Waals surface area contributed by atoms with Gasteiger partial charge in [0.25, 0.3) is 0 Å². The molecule has 7 nitrogen and oxygen atoms in total. The van der Waals surface area contributed by atoms with Crippen molar-refractivity contribution in [3.63, 3.8) is 0 Å². The number of nitrogens with zero attached hydrogens (tertiary/aromatic N) is 5. The summed E-state index contributed by atoms with van der Waals surface area (Å²) in [4.78, 5) is 6.20. The molecule has 0 bridgehead atoms. The number of aromatic amines is 1. The summed E-state index contributed by atoms with van der Waals surface area (Å²) >= 11 is 3.42. The zero-order chi connectivity index (χ0) is 11.9. The summed E-state index contributed by atoms with van der Waals surface area (Å²) in [6.45, 7) is 0.810. The van der Waals surface area contributed by atoms with Gasteiger partial charge in [-0.05, 0) is 28.1 Å². The van der Waals surface area contributed by atoms with E-state index in [0.29, 0.717) is 18.9 Å². The molecule has 0 spiro atoms. The number of aromatic nitrogens is 5. The van der Waals surface area contributed by atoms with Crippen molar-refractivity contribution in [2.24, 2.45) is 0 Å². The highest BCUT2D eigenvalue weighted by molar-refractivity contribution is 9.10.